The molecule has 9 heavy (non-hydrogen) atoms. The number of amides is 2. The van der Waals surface area contributed by atoms with Gasteiger partial charge < -0.3 is 5.73 Å². The average Bonchev–Trinajstić information content (AvgIpc) is 1.83. The maximum Gasteiger partial charge on any atom is 0.373 e. The number of carbonyl (C=O) groups is 1. The van der Waals surface area contributed by atoms with Crippen LogP contribution in [0.4, 0.5) is 4.79 Å². The summed E-state index contributed by atoms with van der Waals surface area (Å²) < 4.78 is 0. The molecular weight excluding hydrogens is 124 g/mol. The van der Waals surface area contributed by atoms with Crippen LogP contribution >= 0.6 is 0 Å². The number of hydrazine groups is 1. The first kappa shape index (κ1) is 7.50. The van der Waals surface area contributed by atoms with Crippen molar-refractivity contribution in [3.8, 4) is 0 Å². The second-order valence-electron chi connectivity index (χ2n) is 1.03. The second kappa shape index (κ2) is 3.50. The highest BCUT2D eigenvalue weighted by molar-refractivity contribution is 5.79. The molecule has 7 heteroatoms. The molecular formula is C2H6N6O. The van der Waals surface area contributed by atoms with Gasteiger partial charge in [0.2, 0.25) is 5.96 Å². The van der Waals surface area contributed by atoms with Crippen molar-refractivity contribution in [2.75, 3.05) is 0 Å². The highest BCUT2D eigenvalue weighted by Crippen LogP contribution is 1.72. The molecule has 7 nitrogen and oxygen atoms in total. The molecule has 0 fully saturated rings. The standard InChI is InChI=1S/C2H6N6O/c3-1(4)7-8-2(9)6-5/h5H2,(H3,3,4)(H,6,9). The fourth-order valence-corrected chi connectivity index (χ4v) is 0.128. The van der Waals surface area contributed by atoms with E-state index in [-0.39, 0.29) is 0 Å². The number of azo groups is 1. The zero-order valence-electron chi connectivity index (χ0n) is 4.46. The van der Waals surface area contributed by atoms with Crippen LogP contribution in [0.5, 0.6) is 0 Å². The third-order valence-electron chi connectivity index (χ3n) is 0.372. The van der Waals surface area contributed by atoms with Crippen molar-refractivity contribution in [1.29, 1.82) is 5.41 Å². The number of carbonyl (C=O) groups excluding carboxylic acids is 1. The van der Waals surface area contributed by atoms with Crippen molar-refractivity contribution in [3.63, 3.8) is 0 Å². The molecule has 0 aromatic rings. The van der Waals surface area contributed by atoms with Gasteiger partial charge in [-0.2, -0.15) is 0 Å². The maximum absolute atomic E-state index is 10.1. The number of hydrogen-bond donors (Lipinski definition) is 4. The molecule has 0 radical (unpaired) electrons. The highest BCUT2D eigenvalue weighted by atomic mass is 16.2. The smallest absolute Gasteiger partial charge is 0.367 e. The van der Waals surface area contributed by atoms with Gasteiger partial charge in [0.1, 0.15) is 0 Å². The summed E-state index contributed by atoms with van der Waals surface area (Å²) in [7, 11) is 0. The minimum absolute atomic E-state index is 0.543. The third kappa shape index (κ3) is 4.35. The van der Waals surface area contributed by atoms with Crippen LogP contribution in [-0.4, -0.2) is 12.0 Å². The first-order valence-electron chi connectivity index (χ1n) is 1.93. The maximum atomic E-state index is 10.1. The van der Waals surface area contributed by atoms with Crippen molar-refractivity contribution in [2.24, 2.45) is 21.8 Å². The normalized spacial score (nSPS) is 9.44. The van der Waals surface area contributed by atoms with Crippen molar-refractivity contribution >= 4 is 12.0 Å². The van der Waals surface area contributed by atoms with Gasteiger partial charge in [-0.15, -0.1) is 5.11 Å². The van der Waals surface area contributed by atoms with E-state index < -0.39 is 12.0 Å². The SMILES string of the molecule is N=C(N)N=NC(=O)NN. The zero-order valence-corrected chi connectivity index (χ0v) is 4.46. The number of nitrogens with zero attached hydrogens (tertiary/aromatic N) is 2. The number of urea groups is 1. The minimum Gasteiger partial charge on any atom is -0.367 e. The van der Waals surface area contributed by atoms with E-state index in [0.29, 0.717) is 0 Å². The number of guanidine groups is 1. The Hall–Kier alpha value is -1.50. The molecule has 2 amide bonds. The van der Waals surface area contributed by atoms with Crippen LogP contribution in [0.3, 0.4) is 0 Å². The van der Waals surface area contributed by atoms with E-state index in [1.807, 2.05) is 0 Å². The molecule has 0 heterocycles. The predicted molar refractivity (Wildman–Crippen MR) is 29.5 cm³/mol. The Labute approximate surface area is 50.6 Å². The van der Waals surface area contributed by atoms with Crippen molar-refractivity contribution in [2.45, 2.75) is 0 Å². The second-order valence-corrected chi connectivity index (χ2v) is 1.03. The quantitative estimate of drug-likeness (QED) is 0.0830. The molecule has 6 N–H and O–H groups in total. The van der Waals surface area contributed by atoms with E-state index in [9.17, 15) is 4.79 Å². The van der Waals surface area contributed by atoms with Gasteiger partial charge in [0, 0.05) is 0 Å². The Morgan fingerprint density at radius 3 is 2.44 bits per heavy atom. The predicted octanol–water partition coefficient (Wildman–Crippen LogP) is -1.08. The van der Waals surface area contributed by atoms with Crippen LogP contribution in [0.15, 0.2) is 10.2 Å². The molecule has 0 saturated heterocycles. The minimum atomic E-state index is -0.842. The van der Waals surface area contributed by atoms with Gasteiger partial charge in [0.25, 0.3) is 0 Å². The number of nitrogens with two attached hydrogens (primary N) is 2. The van der Waals surface area contributed by atoms with E-state index in [1.54, 1.807) is 5.43 Å². The summed E-state index contributed by atoms with van der Waals surface area (Å²) in [5.41, 5.74) is 6.37. The molecule has 0 atom stereocenters. The van der Waals surface area contributed by atoms with Crippen LogP contribution in [-0.2, 0) is 0 Å². The Bertz CT molecular complexity index is 149. The summed E-state index contributed by atoms with van der Waals surface area (Å²) in [6, 6.07) is -0.842. The van der Waals surface area contributed by atoms with Gasteiger partial charge in [0.05, 0.1) is 0 Å². The summed E-state index contributed by atoms with van der Waals surface area (Å²) in [5.74, 6) is 4.05. The van der Waals surface area contributed by atoms with E-state index in [2.05, 4.69) is 16.1 Å². The molecule has 0 aliphatic rings. The number of hydrogen-bond acceptors (Lipinski definition) is 3. The molecule has 50 valence electrons. The molecule has 0 rings (SSSR count). The summed E-state index contributed by atoms with van der Waals surface area (Å²) in [6.07, 6.45) is 0. The van der Waals surface area contributed by atoms with Gasteiger partial charge >= 0.3 is 6.03 Å². The summed E-state index contributed by atoms with van der Waals surface area (Å²) in [4.78, 5) is 10.1. The van der Waals surface area contributed by atoms with E-state index >= 15 is 0 Å². The monoisotopic (exact) mass is 130 g/mol. The van der Waals surface area contributed by atoms with E-state index in [1.165, 1.54) is 0 Å². The van der Waals surface area contributed by atoms with Crippen LogP contribution in [0.1, 0.15) is 0 Å². The molecule has 0 bridgehead atoms. The van der Waals surface area contributed by atoms with Crippen molar-refractivity contribution in [1.82, 2.24) is 5.43 Å². The van der Waals surface area contributed by atoms with Gasteiger partial charge in [-0.05, 0) is 0 Å². The lowest BCUT2D eigenvalue weighted by Gasteiger charge is -1.85. The van der Waals surface area contributed by atoms with Crippen LogP contribution < -0.4 is 17.0 Å². The molecule has 0 aliphatic heterocycles. The lowest BCUT2D eigenvalue weighted by atomic mass is 11.1. The highest BCUT2D eigenvalue weighted by Gasteiger charge is 1.89. The van der Waals surface area contributed by atoms with Gasteiger partial charge in [-0.3, -0.25) is 10.8 Å². The molecule has 0 spiro atoms. The summed E-state index contributed by atoms with van der Waals surface area (Å²) >= 11 is 0. The average molecular weight is 130 g/mol. The first-order valence-corrected chi connectivity index (χ1v) is 1.93. The Morgan fingerprint density at radius 2 is 2.11 bits per heavy atom. The van der Waals surface area contributed by atoms with Crippen LogP contribution in [0.2, 0.25) is 0 Å². The fraction of sp³-hybridized carbons (Fsp3) is 0. The van der Waals surface area contributed by atoms with Gasteiger partial charge in [0.15, 0.2) is 0 Å². The lowest BCUT2D eigenvalue weighted by molar-refractivity contribution is 0.248. The molecule has 0 aromatic carbocycles. The molecule has 0 unspecified atom stereocenters. The van der Waals surface area contributed by atoms with Crippen LogP contribution in [0.25, 0.3) is 0 Å². The third-order valence-corrected chi connectivity index (χ3v) is 0.372. The first-order chi connectivity index (χ1) is 4.16. The van der Waals surface area contributed by atoms with E-state index in [4.69, 9.17) is 11.1 Å². The number of nitrogens with one attached hydrogen (secondary N) is 2. The Morgan fingerprint density at radius 1 is 1.56 bits per heavy atom. The van der Waals surface area contributed by atoms with Gasteiger partial charge in [-0.25, -0.2) is 10.6 Å². The van der Waals surface area contributed by atoms with Crippen LogP contribution in [0, 0.1) is 5.41 Å². The molecule has 0 aromatic heterocycles. The van der Waals surface area contributed by atoms with Crippen molar-refractivity contribution in [3.05, 3.63) is 0 Å². The van der Waals surface area contributed by atoms with E-state index in [0.717, 1.165) is 0 Å². The summed E-state index contributed by atoms with van der Waals surface area (Å²) in [5, 5.41) is 12.2. The van der Waals surface area contributed by atoms with Crippen molar-refractivity contribution < 1.29 is 4.79 Å². The molecule has 0 saturated carbocycles. The topological polar surface area (TPSA) is 130 Å². The lowest BCUT2D eigenvalue weighted by Crippen LogP contribution is -2.26. The zero-order chi connectivity index (χ0) is 7.28. The van der Waals surface area contributed by atoms with Gasteiger partial charge in [-0.1, -0.05) is 5.11 Å². The Kier molecular flexibility index (Phi) is 2.91. The summed E-state index contributed by atoms with van der Waals surface area (Å²) in [6.45, 7) is 0. The fourth-order valence-electron chi connectivity index (χ4n) is 0.128. The number of rotatable bonds is 0. The molecule has 0 aliphatic carbocycles. The Balaban J connectivity index is 3.71. The largest absolute Gasteiger partial charge is 0.373 e.